The summed E-state index contributed by atoms with van der Waals surface area (Å²) in [4.78, 5) is 11.9. The van der Waals surface area contributed by atoms with Gasteiger partial charge in [0, 0.05) is 5.92 Å². The fourth-order valence-corrected chi connectivity index (χ4v) is 2.77. The van der Waals surface area contributed by atoms with E-state index >= 15 is 0 Å². The maximum Gasteiger partial charge on any atom is 0.323 e. The average molecular weight is 313 g/mol. The summed E-state index contributed by atoms with van der Waals surface area (Å²) >= 11 is 0. The molecule has 5 heteroatoms. The lowest BCUT2D eigenvalue weighted by Crippen LogP contribution is -2.38. The van der Waals surface area contributed by atoms with E-state index in [2.05, 4.69) is 0 Å². The van der Waals surface area contributed by atoms with Crippen LogP contribution in [0.2, 0.25) is 0 Å². The number of ether oxygens (including phenoxy) is 3. The smallest absolute Gasteiger partial charge is 0.323 e. The van der Waals surface area contributed by atoms with Crippen LogP contribution in [0.3, 0.4) is 0 Å². The molecule has 0 aromatic heterocycles. The Morgan fingerprint density at radius 1 is 1.17 bits per heavy atom. The Morgan fingerprint density at radius 3 is 2.65 bits per heavy atom. The van der Waals surface area contributed by atoms with Crippen molar-refractivity contribution in [2.24, 2.45) is 5.73 Å². The highest BCUT2D eigenvalue weighted by atomic mass is 16.7. The van der Waals surface area contributed by atoms with Crippen molar-refractivity contribution in [3.63, 3.8) is 0 Å². The van der Waals surface area contributed by atoms with Gasteiger partial charge < -0.3 is 19.9 Å². The summed E-state index contributed by atoms with van der Waals surface area (Å²) in [7, 11) is 1.35. The number of hydrogen-bond acceptors (Lipinski definition) is 5. The molecule has 2 N–H and O–H groups in total. The molecule has 0 radical (unpaired) electrons. The molecule has 0 aliphatic carbocycles. The lowest BCUT2D eigenvalue weighted by molar-refractivity contribution is -0.142. The van der Waals surface area contributed by atoms with Crippen molar-refractivity contribution in [2.45, 2.75) is 18.4 Å². The fraction of sp³-hybridized carbons (Fsp3) is 0.278. The van der Waals surface area contributed by atoms with E-state index in [0.717, 1.165) is 22.6 Å². The number of benzene rings is 2. The molecule has 5 nitrogen and oxygen atoms in total. The molecule has 1 aliphatic rings. The van der Waals surface area contributed by atoms with Crippen LogP contribution < -0.4 is 15.2 Å². The molecule has 0 spiro atoms. The van der Waals surface area contributed by atoms with Crippen LogP contribution in [-0.4, -0.2) is 25.9 Å². The summed E-state index contributed by atoms with van der Waals surface area (Å²) in [5.41, 5.74) is 8.17. The highest BCUT2D eigenvalue weighted by Crippen LogP contribution is 2.34. The predicted molar refractivity (Wildman–Crippen MR) is 85.4 cm³/mol. The predicted octanol–water partition coefficient (Wildman–Crippen LogP) is 2.24. The zero-order valence-corrected chi connectivity index (χ0v) is 12.9. The van der Waals surface area contributed by atoms with Crippen molar-refractivity contribution >= 4 is 5.97 Å². The zero-order chi connectivity index (χ0) is 16.2. The summed E-state index contributed by atoms with van der Waals surface area (Å²) in [6.07, 6.45) is 0.608. The van der Waals surface area contributed by atoms with Crippen LogP contribution >= 0.6 is 0 Å². The number of hydrogen-bond donors (Lipinski definition) is 1. The molecule has 2 aromatic carbocycles. The van der Waals surface area contributed by atoms with Gasteiger partial charge in [0.25, 0.3) is 0 Å². The Hall–Kier alpha value is -2.53. The molecule has 23 heavy (non-hydrogen) atoms. The third-order valence-corrected chi connectivity index (χ3v) is 4.03. The molecule has 2 unspecified atom stereocenters. The van der Waals surface area contributed by atoms with Crippen LogP contribution in [0.25, 0.3) is 0 Å². The van der Waals surface area contributed by atoms with Crippen LogP contribution in [0.5, 0.6) is 11.5 Å². The molecule has 0 saturated carbocycles. The summed E-state index contributed by atoms with van der Waals surface area (Å²) < 4.78 is 15.6. The quantitative estimate of drug-likeness (QED) is 0.857. The minimum Gasteiger partial charge on any atom is -0.468 e. The lowest BCUT2D eigenvalue weighted by Gasteiger charge is -2.22. The van der Waals surface area contributed by atoms with Gasteiger partial charge in [0.1, 0.15) is 6.04 Å². The van der Waals surface area contributed by atoms with Crippen molar-refractivity contribution in [3.05, 3.63) is 59.7 Å². The minimum atomic E-state index is -0.729. The van der Waals surface area contributed by atoms with Gasteiger partial charge in [-0.15, -0.1) is 0 Å². The third-order valence-electron chi connectivity index (χ3n) is 4.03. The largest absolute Gasteiger partial charge is 0.468 e. The second-order valence-electron chi connectivity index (χ2n) is 5.46. The summed E-state index contributed by atoms with van der Waals surface area (Å²) in [5, 5.41) is 0. The number of fused-ring (bicyclic) bond motifs is 1. The van der Waals surface area contributed by atoms with E-state index in [-0.39, 0.29) is 12.7 Å². The molecule has 0 amide bonds. The molecule has 2 aromatic rings. The number of carbonyl (C=O) groups excluding carboxylic acids is 1. The van der Waals surface area contributed by atoms with Gasteiger partial charge in [0.2, 0.25) is 6.79 Å². The van der Waals surface area contributed by atoms with Crippen LogP contribution in [0.4, 0.5) is 0 Å². The molecule has 0 saturated heterocycles. The first-order chi connectivity index (χ1) is 11.2. The zero-order valence-electron chi connectivity index (χ0n) is 12.9. The standard InChI is InChI=1S/C18H19NO4/c1-21-18(20)17(19)14(13-5-3-2-4-6-13)9-12-7-8-15-16(10-12)23-11-22-15/h2-8,10,14,17H,9,11,19H2,1H3. The van der Waals surface area contributed by atoms with E-state index in [1.165, 1.54) is 7.11 Å². The Bertz CT molecular complexity index is 687. The Labute approximate surface area is 135 Å². The van der Waals surface area contributed by atoms with Gasteiger partial charge in [0.15, 0.2) is 11.5 Å². The normalized spacial score (nSPS) is 15.0. The number of rotatable bonds is 5. The van der Waals surface area contributed by atoms with E-state index < -0.39 is 12.0 Å². The van der Waals surface area contributed by atoms with Crippen molar-refractivity contribution < 1.29 is 19.0 Å². The lowest BCUT2D eigenvalue weighted by atomic mass is 9.86. The molecule has 1 aliphatic heterocycles. The van der Waals surface area contributed by atoms with E-state index in [0.29, 0.717) is 6.42 Å². The topological polar surface area (TPSA) is 70.8 Å². The summed E-state index contributed by atoms with van der Waals surface area (Å²) in [6, 6.07) is 14.8. The molecule has 0 bridgehead atoms. The molecular weight excluding hydrogens is 294 g/mol. The van der Waals surface area contributed by atoms with Crippen molar-refractivity contribution in [1.82, 2.24) is 0 Å². The number of nitrogens with two attached hydrogens (primary N) is 1. The van der Waals surface area contributed by atoms with Crippen LogP contribution in [0, 0.1) is 0 Å². The maximum atomic E-state index is 11.9. The Morgan fingerprint density at radius 2 is 1.91 bits per heavy atom. The van der Waals surface area contributed by atoms with Gasteiger partial charge in [-0.25, -0.2) is 0 Å². The first-order valence-electron chi connectivity index (χ1n) is 7.46. The van der Waals surface area contributed by atoms with Gasteiger partial charge in [-0.3, -0.25) is 4.79 Å². The molecular formula is C18H19NO4. The summed E-state index contributed by atoms with van der Waals surface area (Å²) in [5.74, 6) is 0.867. The minimum absolute atomic E-state index is 0.177. The highest BCUT2D eigenvalue weighted by Gasteiger charge is 2.27. The first-order valence-corrected chi connectivity index (χ1v) is 7.46. The van der Waals surface area contributed by atoms with Crippen LogP contribution in [0.1, 0.15) is 17.0 Å². The average Bonchev–Trinajstić information content (AvgIpc) is 3.07. The van der Waals surface area contributed by atoms with Crippen molar-refractivity contribution in [1.29, 1.82) is 0 Å². The monoisotopic (exact) mass is 313 g/mol. The first kappa shape index (κ1) is 15.4. The van der Waals surface area contributed by atoms with Crippen molar-refractivity contribution in [2.75, 3.05) is 13.9 Å². The number of esters is 1. The van der Waals surface area contributed by atoms with Gasteiger partial charge in [0.05, 0.1) is 7.11 Å². The molecule has 3 rings (SSSR count). The Kier molecular flexibility index (Phi) is 4.48. The van der Waals surface area contributed by atoms with E-state index in [4.69, 9.17) is 19.9 Å². The second kappa shape index (κ2) is 6.71. The maximum absolute atomic E-state index is 11.9. The SMILES string of the molecule is COC(=O)C(N)C(Cc1ccc2c(c1)OCO2)c1ccccc1. The second-order valence-corrected chi connectivity index (χ2v) is 5.46. The molecule has 120 valence electrons. The highest BCUT2D eigenvalue weighted by molar-refractivity contribution is 5.76. The molecule has 1 heterocycles. The van der Waals surface area contributed by atoms with Gasteiger partial charge >= 0.3 is 5.97 Å². The molecule has 0 fully saturated rings. The van der Waals surface area contributed by atoms with E-state index in [1.54, 1.807) is 0 Å². The van der Waals surface area contributed by atoms with E-state index in [1.807, 2.05) is 48.5 Å². The molecule has 2 atom stereocenters. The number of methoxy groups -OCH3 is 1. The van der Waals surface area contributed by atoms with Crippen LogP contribution in [0.15, 0.2) is 48.5 Å². The van der Waals surface area contributed by atoms with Gasteiger partial charge in [-0.1, -0.05) is 36.4 Å². The Balaban J connectivity index is 1.88. The summed E-state index contributed by atoms with van der Waals surface area (Å²) in [6.45, 7) is 0.239. The third kappa shape index (κ3) is 3.29. The fourth-order valence-electron chi connectivity index (χ4n) is 2.77. The van der Waals surface area contributed by atoms with E-state index in [9.17, 15) is 4.79 Å². The van der Waals surface area contributed by atoms with Gasteiger partial charge in [-0.2, -0.15) is 0 Å². The van der Waals surface area contributed by atoms with Crippen molar-refractivity contribution in [3.8, 4) is 11.5 Å². The van der Waals surface area contributed by atoms with Crippen LogP contribution in [-0.2, 0) is 16.0 Å². The van der Waals surface area contributed by atoms with Gasteiger partial charge in [-0.05, 0) is 29.7 Å². The number of carbonyl (C=O) groups is 1.